The van der Waals surface area contributed by atoms with Gasteiger partial charge in [0, 0.05) is 0 Å². The molecule has 1 unspecified atom stereocenters. The van der Waals surface area contributed by atoms with E-state index in [0.717, 1.165) is 6.42 Å². The summed E-state index contributed by atoms with van der Waals surface area (Å²) < 4.78 is 0. The Bertz CT molecular complexity index is 2880. The van der Waals surface area contributed by atoms with Crippen molar-refractivity contribution in [1.82, 2.24) is 0 Å². The molecule has 0 amide bonds. The second kappa shape index (κ2) is 14.5. The standard InChI is InChI=1S/C57H52/c1-38(40-18-8-7-9-19-40)37-56(3,4)57(5,6)39(2)41-30-32-42(33-31-41)45-34-35-52-53(36-45)55(49-29-17-23-44-21-11-13-25-47(44)49)51-27-15-14-26-50(51)54(52)48-28-16-22-43-20-10-12-24-46(43)48/h7-36,38-39H,37H2,1-6H3/t38-,39?/m1/s1. The highest BCUT2D eigenvalue weighted by molar-refractivity contribution is 6.25. The van der Waals surface area contributed by atoms with Crippen molar-refractivity contribution in [2.75, 3.05) is 0 Å². The van der Waals surface area contributed by atoms with Crippen LogP contribution >= 0.6 is 0 Å². The van der Waals surface area contributed by atoms with Gasteiger partial charge < -0.3 is 0 Å². The zero-order chi connectivity index (χ0) is 39.3. The molecule has 9 aromatic carbocycles. The molecule has 9 aromatic rings. The fraction of sp³-hybridized carbons (Fsp3) is 0.193. The number of rotatable bonds is 9. The Morgan fingerprint density at radius 2 is 0.842 bits per heavy atom. The molecule has 0 aliphatic carbocycles. The molecule has 2 atom stereocenters. The maximum atomic E-state index is 2.47. The minimum Gasteiger partial charge on any atom is -0.0622 e. The normalized spacial score (nSPS) is 13.4. The summed E-state index contributed by atoms with van der Waals surface area (Å²) in [6.45, 7) is 14.7. The van der Waals surface area contributed by atoms with Gasteiger partial charge in [0.05, 0.1) is 0 Å². The van der Waals surface area contributed by atoms with E-state index < -0.39 is 0 Å². The molecule has 0 N–H and O–H groups in total. The molecule has 0 bridgehead atoms. The molecule has 0 aliphatic rings. The van der Waals surface area contributed by atoms with E-state index in [2.05, 4.69) is 224 Å². The van der Waals surface area contributed by atoms with Crippen LogP contribution in [0.3, 0.4) is 0 Å². The molecule has 0 saturated heterocycles. The zero-order valence-electron chi connectivity index (χ0n) is 34.2. The molecule has 0 heterocycles. The van der Waals surface area contributed by atoms with E-state index in [1.54, 1.807) is 0 Å². The summed E-state index contributed by atoms with van der Waals surface area (Å²) in [5, 5.41) is 10.2. The third-order valence-corrected chi connectivity index (χ3v) is 13.9. The summed E-state index contributed by atoms with van der Waals surface area (Å²) in [5.74, 6) is 0.883. The van der Waals surface area contributed by atoms with Gasteiger partial charge in [-0.05, 0) is 123 Å². The fourth-order valence-electron chi connectivity index (χ4n) is 9.72. The summed E-state index contributed by atoms with van der Waals surface area (Å²) in [4.78, 5) is 0. The molecule has 0 radical (unpaired) electrons. The number of fused-ring (bicyclic) bond motifs is 4. The third kappa shape index (κ3) is 6.42. The Labute approximate surface area is 338 Å². The van der Waals surface area contributed by atoms with Gasteiger partial charge in [-0.2, -0.15) is 0 Å². The van der Waals surface area contributed by atoms with Crippen LogP contribution in [-0.4, -0.2) is 0 Å². The molecule has 57 heavy (non-hydrogen) atoms. The predicted octanol–water partition coefficient (Wildman–Crippen LogP) is 16.7. The van der Waals surface area contributed by atoms with Crippen LogP contribution in [0, 0.1) is 10.8 Å². The summed E-state index contributed by atoms with van der Waals surface area (Å²) in [6, 6.07) is 67.8. The Kier molecular flexibility index (Phi) is 9.33. The number of benzene rings is 9. The van der Waals surface area contributed by atoms with Gasteiger partial charge in [-0.15, -0.1) is 0 Å². The number of hydrogen-bond donors (Lipinski definition) is 0. The van der Waals surface area contributed by atoms with Gasteiger partial charge in [0.2, 0.25) is 0 Å². The Morgan fingerprint density at radius 1 is 0.386 bits per heavy atom. The van der Waals surface area contributed by atoms with Gasteiger partial charge in [-0.3, -0.25) is 0 Å². The van der Waals surface area contributed by atoms with Crippen molar-refractivity contribution in [1.29, 1.82) is 0 Å². The van der Waals surface area contributed by atoms with Crippen LogP contribution < -0.4 is 0 Å². The molecular formula is C57H52. The van der Waals surface area contributed by atoms with Crippen molar-refractivity contribution in [3.8, 4) is 33.4 Å². The average molecular weight is 737 g/mol. The van der Waals surface area contributed by atoms with Gasteiger partial charge in [-0.25, -0.2) is 0 Å². The van der Waals surface area contributed by atoms with Crippen molar-refractivity contribution in [2.24, 2.45) is 10.8 Å². The monoisotopic (exact) mass is 736 g/mol. The van der Waals surface area contributed by atoms with Crippen molar-refractivity contribution in [3.63, 3.8) is 0 Å². The first-order valence-electron chi connectivity index (χ1n) is 20.7. The van der Waals surface area contributed by atoms with Crippen LogP contribution in [0.15, 0.2) is 182 Å². The lowest BCUT2D eigenvalue weighted by atomic mass is 9.57. The van der Waals surface area contributed by atoms with Crippen LogP contribution in [-0.2, 0) is 0 Å². The highest BCUT2D eigenvalue weighted by atomic mass is 14.5. The van der Waals surface area contributed by atoms with E-state index in [1.165, 1.54) is 87.6 Å². The first-order chi connectivity index (χ1) is 27.6. The second-order valence-corrected chi connectivity index (χ2v) is 17.6. The Balaban J connectivity index is 1.18. The van der Waals surface area contributed by atoms with Crippen LogP contribution in [0.2, 0.25) is 0 Å². The molecular weight excluding hydrogens is 685 g/mol. The summed E-state index contributed by atoms with van der Waals surface area (Å²) in [6.07, 6.45) is 1.14. The third-order valence-electron chi connectivity index (χ3n) is 13.9. The molecule has 0 saturated carbocycles. The van der Waals surface area contributed by atoms with Crippen LogP contribution in [0.25, 0.3) is 76.5 Å². The molecule has 280 valence electrons. The first kappa shape index (κ1) is 36.6. The van der Waals surface area contributed by atoms with Crippen molar-refractivity contribution in [3.05, 3.63) is 193 Å². The van der Waals surface area contributed by atoms with Crippen LogP contribution in [0.4, 0.5) is 0 Å². The topological polar surface area (TPSA) is 0 Å². The SMILES string of the molecule is CC(c1ccc(-c2ccc3c(-c4cccc5ccccc45)c4ccccc4c(-c4cccc5ccccc45)c3c2)cc1)C(C)(C)C(C)(C)C[C@@H](C)c1ccccc1. The van der Waals surface area contributed by atoms with E-state index in [1.807, 2.05) is 0 Å². The minimum absolute atomic E-state index is 0.0763. The van der Waals surface area contributed by atoms with Gasteiger partial charge in [0.15, 0.2) is 0 Å². The van der Waals surface area contributed by atoms with Crippen molar-refractivity contribution < 1.29 is 0 Å². The van der Waals surface area contributed by atoms with E-state index in [-0.39, 0.29) is 10.8 Å². The van der Waals surface area contributed by atoms with Crippen LogP contribution in [0.1, 0.15) is 70.9 Å². The van der Waals surface area contributed by atoms with E-state index in [0.29, 0.717) is 11.8 Å². The largest absolute Gasteiger partial charge is 0.0622 e. The summed E-state index contributed by atoms with van der Waals surface area (Å²) in [7, 11) is 0. The second-order valence-electron chi connectivity index (χ2n) is 17.6. The average Bonchev–Trinajstić information content (AvgIpc) is 3.25. The smallest absolute Gasteiger partial charge is 0.00199 e. The summed E-state index contributed by atoms with van der Waals surface area (Å²) >= 11 is 0. The zero-order valence-corrected chi connectivity index (χ0v) is 34.2. The highest BCUT2D eigenvalue weighted by Gasteiger charge is 2.42. The molecule has 0 aliphatic heterocycles. The fourth-order valence-corrected chi connectivity index (χ4v) is 9.72. The lowest BCUT2D eigenvalue weighted by Crippen LogP contribution is -2.38. The van der Waals surface area contributed by atoms with E-state index in [4.69, 9.17) is 0 Å². The molecule has 0 heteroatoms. The Hall–Kier alpha value is -5.98. The maximum absolute atomic E-state index is 2.47. The summed E-state index contributed by atoms with van der Waals surface area (Å²) in [5.41, 5.74) is 10.6. The van der Waals surface area contributed by atoms with Crippen molar-refractivity contribution >= 4 is 43.1 Å². The van der Waals surface area contributed by atoms with Crippen LogP contribution in [0.5, 0.6) is 0 Å². The van der Waals surface area contributed by atoms with Gasteiger partial charge >= 0.3 is 0 Å². The minimum atomic E-state index is 0.0763. The lowest BCUT2D eigenvalue weighted by Gasteiger charge is -2.47. The van der Waals surface area contributed by atoms with Gasteiger partial charge in [-0.1, -0.05) is 217 Å². The van der Waals surface area contributed by atoms with E-state index in [9.17, 15) is 0 Å². The molecule has 0 aromatic heterocycles. The molecule has 0 fully saturated rings. The molecule has 0 spiro atoms. The molecule has 9 rings (SSSR count). The van der Waals surface area contributed by atoms with Crippen molar-refractivity contribution in [2.45, 2.75) is 59.8 Å². The number of hydrogen-bond acceptors (Lipinski definition) is 0. The van der Waals surface area contributed by atoms with Gasteiger partial charge in [0.1, 0.15) is 0 Å². The Morgan fingerprint density at radius 3 is 1.42 bits per heavy atom. The highest BCUT2D eigenvalue weighted by Crippen LogP contribution is 2.53. The first-order valence-corrected chi connectivity index (χ1v) is 20.7. The quantitative estimate of drug-likeness (QED) is 0.129. The maximum Gasteiger partial charge on any atom is -0.00199 e. The van der Waals surface area contributed by atoms with Gasteiger partial charge in [0.25, 0.3) is 0 Å². The predicted molar refractivity (Wildman–Crippen MR) is 248 cm³/mol. The van der Waals surface area contributed by atoms with E-state index >= 15 is 0 Å². The molecule has 0 nitrogen and oxygen atoms in total. The lowest BCUT2D eigenvalue weighted by molar-refractivity contribution is 0.0659.